The van der Waals surface area contributed by atoms with Gasteiger partial charge in [-0.25, -0.2) is 4.79 Å². The number of ketones is 1. The predicted molar refractivity (Wildman–Crippen MR) is 200 cm³/mol. The molecular formula is C41H67NO11. The normalized spacial score (nSPS) is 37.0. The van der Waals surface area contributed by atoms with E-state index in [1.54, 1.807) is 20.8 Å². The van der Waals surface area contributed by atoms with Crippen LogP contribution in [0.5, 0.6) is 0 Å². The molecule has 5 N–H and O–H groups in total. The van der Waals surface area contributed by atoms with Crippen molar-refractivity contribution in [2.75, 3.05) is 0 Å². The lowest BCUT2D eigenvalue weighted by Crippen LogP contribution is -2.50. The number of nitrogens with two attached hydrogens (primary N) is 1. The maximum atomic E-state index is 13.6. The highest BCUT2D eigenvalue weighted by molar-refractivity contribution is 5.80. The summed E-state index contributed by atoms with van der Waals surface area (Å²) in [5.74, 6) is -3.23. The summed E-state index contributed by atoms with van der Waals surface area (Å²) in [5.41, 5.74) is 7.13. The molecule has 12 nitrogen and oxygen atoms in total. The Morgan fingerprint density at radius 1 is 1.08 bits per heavy atom. The Morgan fingerprint density at radius 3 is 2.42 bits per heavy atom. The van der Waals surface area contributed by atoms with Crippen molar-refractivity contribution in [2.45, 2.75) is 175 Å². The van der Waals surface area contributed by atoms with E-state index in [4.69, 9.17) is 29.4 Å². The van der Waals surface area contributed by atoms with E-state index in [1.807, 2.05) is 46.8 Å². The van der Waals surface area contributed by atoms with Crippen molar-refractivity contribution < 1.29 is 53.4 Å². The van der Waals surface area contributed by atoms with Crippen LogP contribution in [0.15, 0.2) is 35.5 Å². The molecule has 1 saturated heterocycles. The Hall–Kier alpha value is -2.61. The van der Waals surface area contributed by atoms with Crippen LogP contribution < -0.4 is 5.73 Å². The van der Waals surface area contributed by atoms with Gasteiger partial charge in [-0.2, -0.15) is 0 Å². The molecule has 12 heteroatoms. The number of hydrogen-bond donors (Lipinski definition) is 4. The van der Waals surface area contributed by atoms with E-state index in [2.05, 4.69) is 19.1 Å². The van der Waals surface area contributed by atoms with E-state index in [0.717, 1.165) is 17.6 Å². The Labute approximate surface area is 316 Å². The molecule has 53 heavy (non-hydrogen) atoms. The smallest absolute Gasteiger partial charge is 0.404 e. The molecule has 0 radical (unpaired) electrons. The Bertz CT molecular complexity index is 1310. The maximum absolute atomic E-state index is 13.6. The standard InChI is InChI=1S/C41H67NO11/c1-10-32(43)29(8)36(45)26(5)20-28(7)38-27(6)19-23(2)15-16-31(50-35-21-33(51-40(42)47)37(46)30(9)49-35)14-12-11-13-24(3)39-25(4)17-18-41(48,53-39)22-34(44)52-38/h13,15-17,23,26-31,33,35-39,45-46,48H,10-12,14,18-22H2,1-9H3,(H2,42,47)/b16-15?,24-13-/t23-,26+,27+,28+,29+,30+,31?,33+,35-,36-,37+,38?,39+,41+/m0/s1. The van der Waals surface area contributed by atoms with E-state index in [1.165, 1.54) is 0 Å². The summed E-state index contributed by atoms with van der Waals surface area (Å²) in [4.78, 5) is 37.5. The molecule has 3 heterocycles. The van der Waals surface area contributed by atoms with Crippen molar-refractivity contribution in [1.29, 1.82) is 0 Å². The number of Topliss-reactive ketones (excluding diaryl/α,β-unsaturated/α-hetero) is 1. The second kappa shape index (κ2) is 20.3. The van der Waals surface area contributed by atoms with Crippen molar-refractivity contribution in [2.24, 2.45) is 35.3 Å². The molecule has 0 aromatic rings. The number of aliphatic hydroxyl groups is 3. The van der Waals surface area contributed by atoms with E-state index in [-0.39, 0.29) is 54.8 Å². The third-order valence-corrected chi connectivity index (χ3v) is 11.2. The fraction of sp³-hybridized carbons (Fsp3) is 0.780. The molecule has 1 fully saturated rings. The zero-order valence-corrected chi connectivity index (χ0v) is 33.4. The van der Waals surface area contributed by atoms with Crippen LogP contribution in [-0.4, -0.2) is 88.0 Å². The van der Waals surface area contributed by atoms with Gasteiger partial charge in [0, 0.05) is 25.2 Å². The highest BCUT2D eigenvalue weighted by Gasteiger charge is 2.41. The van der Waals surface area contributed by atoms with Crippen molar-refractivity contribution in [1.82, 2.24) is 0 Å². The summed E-state index contributed by atoms with van der Waals surface area (Å²) < 4.78 is 30.0. The summed E-state index contributed by atoms with van der Waals surface area (Å²) in [7, 11) is 0. The fourth-order valence-corrected chi connectivity index (χ4v) is 8.07. The van der Waals surface area contributed by atoms with Crippen LogP contribution in [0.4, 0.5) is 4.79 Å². The zero-order valence-electron chi connectivity index (χ0n) is 33.4. The fourth-order valence-electron chi connectivity index (χ4n) is 8.07. The molecule has 0 aromatic carbocycles. The summed E-state index contributed by atoms with van der Waals surface area (Å²) >= 11 is 0. The van der Waals surface area contributed by atoms with Gasteiger partial charge >= 0.3 is 12.1 Å². The summed E-state index contributed by atoms with van der Waals surface area (Å²) in [6.45, 7) is 17.2. The molecule has 3 aliphatic heterocycles. The minimum atomic E-state index is -1.73. The molecule has 1 amide bonds. The van der Waals surface area contributed by atoms with Gasteiger partial charge in [0.05, 0.1) is 24.7 Å². The molecular weight excluding hydrogens is 682 g/mol. The number of amides is 1. The number of allylic oxidation sites excluding steroid dienone is 2. The van der Waals surface area contributed by atoms with Crippen LogP contribution in [0.2, 0.25) is 0 Å². The van der Waals surface area contributed by atoms with Crippen molar-refractivity contribution in [3.8, 4) is 0 Å². The highest BCUT2D eigenvalue weighted by atomic mass is 16.7. The van der Waals surface area contributed by atoms with Gasteiger partial charge in [0.1, 0.15) is 30.2 Å². The molecule has 3 aliphatic rings. The minimum absolute atomic E-state index is 0.00488. The number of primary amides is 1. The van der Waals surface area contributed by atoms with Gasteiger partial charge in [0.25, 0.3) is 0 Å². The van der Waals surface area contributed by atoms with Crippen LogP contribution in [0, 0.1) is 29.6 Å². The van der Waals surface area contributed by atoms with E-state index in [9.17, 15) is 29.7 Å². The van der Waals surface area contributed by atoms with Gasteiger partial charge in [0.15, 0.2) is 12.1 Å². The second-order valence-electron chi connectivity index (χ2n) is 16.1. The molecule has 0 aromatic heterocycles. The number of carbonyl (C=O) groups excluding carboxylic acids is 3. The van der Waals surface area contributed by atoms with E-state index in [0.29, 0.717) is 32.1 Å². The first-order valence-electron chi connectivity index (χ1n) is 19.6. The third kappa shape index (κ3) is 13.3. The molecule has 0 aliphatic carbocycles. The number of fused-ring (bicyclic) bond motifs is 2. The van der Waals surface area contributed by atoms with Crippen LogP contribution in [0.25, 0.3) is 0 Å². The second-order valence-corrected chi connectivity index (χ2v) is 16.1. The van der Waals surface area contributed by atoms with E-state index >= 15 is 0 Å². The SMILES string of the molecule is CCC(=O)[C@@H](C)[C@@H](O)[C@H](C)C[C@@H](C)C1OC(=O)C[C@@]2(O)CC=C(C)[C@H](O2)/C(C)=C\CCCC(O[C@H]2C[C@@H](OC(N)=O)[C@H](O)[C@@H](C)O2)C=C[C@H](C)C[C@H]1C. The molecule has 0 spiro atoms. The van der Waals surface area contributed by atoms with Gasteiger partial charge in [-0.1, -0.05) is 65.8 Å². The first kappa shape index (κ1) is 44.8. The summed E-state index contributed by atoms with van der Waals surface area (Å²) in [6.07, 6.45) is 5.26. The molecule has 2 unspecified atom stereocenters. The number of cyclic esters (lactones) is 1. The topological polar surface area (TPSA) is 184 Å². The first-order chi connectivity index (χ1) is 24.8. The van der Waals surface area contributed by atoms with Gasteiger partial charge < -0.3 is 44.7 Å². The lowest BCUT2D eigenvalue weighted by Gasteiger charge is -2.38. The number of aliphatic hydroxyl groups excluding tert-OH is 2. The Balaban J connectivity index is 1.90. The van der Waals surface area contributed by atoms with Crippen LogP contribution in [0.3, 0.4) is 0 Å². The zero-order chi connectivity index (χ0) is 39.6. The lowest BCUT2D eigenvalue weighted by atomic mass is 9.79. The number of ether oxygens (including phenoxy) is 5. The Kier molecular flexibility index (Phi) is 17.2. The number of rotatable bonds is 10. The van der Waals surface area contributed by atoms with Gasteiger partial charge in [-0.3, -0.25) is 9.59 Å². The van der Waals surface area contributed by atoms with Gasteiger partial charge in [0.2, 0.25) is 0 Å². The molecule has 0 saturated carbocycles. The van der Waals surface area contributed by atoms with Crippen molar-refractivity contribution in [3.63, 3.8) is 0 Å². The van der Waals surface area contributed by atoms with Gasteiger partial charge in [-0.05, 0) is 87.7 Å². The minimum Gasteiger partial charge on any atom is -0.462 e. The predicted octanol–water partition coefficient (Wildman–Crippen LogP) is 6.04. The number of hydrogen-bond acceptors (Lipinski definition) is 11. The van der Waals surface area contributed by atoms with Crippen molar-refractivity contribution in [3.05, 3.63) is 35.5 Å². The monoisotopic (exact) mass is 749 g/mol. The van der Waals surface area contributed by atoms with Crippen LogP contribution >= 0.6 is 0 Å². The average molecular weight is 750 g/mol. The Morgan fingerprint density at radius 2 is 1.75 bits per heavy atom. The molecule has 3 rings (SSSR count). The molecule has 2 bridgehead atoms. The van der Waals surface area contributed by atoms with E-state index < -0.39 is 66.7 Å². The summed E-state index contributed by atoms with van der Waals surface area (Å²) in [6, 6.07) is 0. The number of esters is 1. The third-order valence-electron chi connectivity index (χ3n) is 11.2. The maximum Gasteiger partial charge on any atom is 0.404 e. The van der Waals surface area contributed by atoms with Crippen LogP contribution in [-0.2, 0) is 33.3 Å². The van der Waals surface area contributed by atoms with Crippen LogP contribution in [0.1, 0.15) is 120 Å². The largest absolute Gasteiger partial charge is 0.462 e. The van der Waals surface area contributed by atoms with Gasteiger partial charge in [-0.15, -0.1) is 0 Å². The molecule has 14 atom stereocenters. The molecule has 302 valence electrons. The highest BCUT2D eigenvalue weighted by Crippen LogP contribution is 2.35. The first-order valence-corrected chi connectivity index (χ1v) is 19.6. The van der Waals surface area contributed by atoms with Crippen molar-refractivity contribution >= 4 is 17.8 Å². The average Bonchev–Trinajstić information content (AvgIpc) is 3.09. The number of carbonyl (C=O) groups is 3. The quantitative estimate of drug-likeness (QED) is 0.151. The summed E-state index contributed by atoms with van der Waals surface area (Å²) in [5, 5.41) is 33.1. The lowest BCUT2D eigenvalue weighted by molar-refractivity contribution is -0.254.